The maximum atomic E-state index is 13.4. The monoisotopic (exact) mass is 507 g/mol. The van der Waals surface area contributed by atoms with Gasteiger partial charge in [0, 0.05) is 0 Å². The van der Waals surface area contributed by atoms with Crippen LogP contribution in [-0.2, 0) is 10.9 Å². The summed E-state index contributed by atoms with van der Waals surface area (Å²) >= 11 is 5.67. The Morgan fingerprint density at radius 2 is 1.71 bits per heavy atom. The first-order valence-corrected chi connectivity index (χ1v) is 10.1. The van der Waals surface area contributed by atoms with Crippen molar-refractivity contribution in [3.8, 4) is 11.1 Å². The largest absolute Gasteiger partial charge is 0.465 e. The zero-order chi connectivity index (χ0) is 25.9. The Kier molecular flexibility index (Phi) is 7.20. The van der Waals surface area contributed by atoms with Crippen molar-refractivity contribution >= 4 is 46.8 Å². The Hall–Kier alpha value is -4.25. The van der Waals surface area contributed by atoms with Crippen molar-refractivity contribution in [2.45, 2.75) is 6.18 Å². The molecule has 0 heterocycles. The fraction of sp³-hybridized carbons (Fsp3) is 0.0870. The predicted molar refractivity (Wildman–Crippen MR) is 123 cm³/mol. The normalized spacial score (nSPS) is 11.0. The van der Waals surface area contributed by atoms with E-state index in [0.29, 0.717) is 22.1 Å². The first kappa shape index (κ1) is 25.4. The molecular weight excluding hydrogens is 491 g/mol. The lowest BCUT2D eigenvalue weighted by atomic mass is 10.0. The zero-order valence-corrected chi connectivity index (χ0v) is 18.6. The number of esters is 1. The van der Waals surface area contributed by atoms with Gasteiger partial charge in [-0.1, -0.05) is 29.8 Å². The molecule has 35 heavy (non-hydrogen) atoms. The fourth-order valence-electron chi connectivity index (χ4n) is 3.32. The fourth-order valence-corrected chi connectivity index (χ4v) is 3.55. The molecule has 182 valence electrons. The highest BCUT2D eigenvalue weighted by Crippen LogP contribution is 2.40. The maximum Gasteiger partial charge on any atom is 0.417 e. The molecule has 12 heteroatoms. The van der Waals surface area contributed by atoms with Crippen LogP contribution in [0.3, 0.4) is 0 Å². The molecule has 3 amide bonds. The Morgan fingerprint density at radius 1 is 1.03 bits per heavy atom. The van der Waals surface area contributed by atoms with Crippen LogP contribution in [0.2, 0.25) is 5.02 Å². The number of anilines is 3. The van der Waals surface area contributed by atoms with Gasteiger partial charge in [-0.25, -0.2) is 14.4 Å². The summed E-state index contributed by atoms with van der Waals surface area (Å²) in [6.45, 7) is 0. The summed E-state index contributed by atoms with van der Waals surface area (Å²) in [5, 5.41) is 10.8. The number of methoxy groups -OCH3 is 1. The van der Waals surface area contributed by atoms with Crippen LogP contribution in [0.1, 0.15) is 15.9 Å². The lowest BCUT2D eigenvalue weighted by Gasteiger charge is -2.25. The highest BCUT2D eigenvalue weighted by Gasteiger charge is 2.34. The maximum absolute atomic E-state index is 13.4. The van der Waals surface area contributed by atoms with Crippen LogP contribution >= 0.6 is 11.6 Å². The summed E-state index contributed by atoms with van der Waals surface area (Å²) in [6, 6.07) is 11.9. The summed E-state index contributed by atoms with van der Waals surface area (Å²) in [7, 11) is 1.22. The molecule has 3 rings (SSSR count). The molecule has 3 aromatic rings. The summed E-state index contributed by atoms with van der Waals surface area (Å²) in [5.41, 5.74) is 4.85. The second-order valence-corrected chi connectivity index (χ2v) is 7.48. The van der Waals surface area contributed by atoms with E-state index in [1.807, 2.05) is 0 Å². The molecule has 0 saturated carbocycles. The molecule has 0 aliphatic rings. The van der Waals surface area contributed by atoms with Gasteiger partial charge in [-0.05, 0) is 53.6 Å². The number of primary amides is 1. The third-order valence-corrected chi connectivity index (χ3v) is 5.16. The number of rotatable bonds is 5. The summed E-state index contributed by atoms with van der Waals surface area (Å²) in [4.78, 5) is 36.3. The van der Waals surface area contributed by atoms with E-state index in [9.17, 15) is 32.7 Å². The van der Waals surface area contributed by atoms with Crippen LogP contribution in [0.15, 0.2) is 60.7 Å². The minimum atomic E-state index is -4.81. The molecule has 0 saturated heterocycles. The Balaban J connectivity index is 2.17. The Bertz CT molecular complexity index is 1310. The van der Waals surface area contributed by atoms with Gasteiger partial charge in [0.05, 0.1) is 40.3 Å². The van der Waals surface area contributed by atoms with Crippen LogP contribution < -0.4 is 16.0 Å². The number of nitrogens with zero attached hydrogens (tertiary/aromatic N) is 1. The van der Waals surface area contributed by atoms with Gasteiger partial charge in [0.2, 0.25) is 0 Å². The topological polar surface area (TPSA) is 122 Å². The van der Waals surface area contributed by atoms with Crippen LogP contribution in [0.25, 0.3) is 11.1 Å². The number of hydrogen-bond acceptors (Lipinski definition) is 4. The van der Waals surface area contributed by atoms with E-state index in [2.05, 4.69) is 5.32 Å². The first-order valence-electron chi connectivity index (χ1n) is 9.71. The number of benzene rings is 3. The van der Waals surface area contributed by atoms with Crippen molar-refractivity contribution in [1.82, 2.24) is 0 Å². The number of amides is 3. The minimum Gasteiger partial charge on any atom is -0.465 e. The first-order chi connectivity index (χ1) is 16.4. The molecule has 8 nitrogen and oxygen atoms in total. The number of nitrogens with one attached hydrogen (secondary N) is 1. The second kappa shape index (κ2) is 9.94. The molecule has 0 aliphatic heterocycles. The van der Waals surface area contributed by atoms with Crippen molar-refractivity contribution in [3.63, 3.8) is 0 Å². The van der Waals surface area contributed by atoms with Gasteiger partial charge in [0.1, 0.15) is 0 Å². The van der Waals surface area contributed by atoms with E-state index in [1.165, 1.54) is 37.4 Å². The van der Waals surface area contributed by atoms with Gasteiger partial charge in [0.25, 0.3) is 0 Å². The van der Waals surface area contributed by atoms with E-state index in [4.69, 9.17) is 22.1 Å². The van der Waals surface area contributed by atoms with E-state index >= 15 is 0 Å². The number of carboxylic acid groups (broad SMARTS) is 1. The van der Waals surface area contributed by atoms with E-state index < -0.39 is 34.9 Å². The molecule has 0 fully saturated rings. The molecule has 0 aromatic heterocycles. The Morgan fingerprint density at radius 3 is 2.31 bits per heavy atom. The third kappa shape index (κ3) is 5.64. The van der Waals surface area contributed by atoms with Crippen LogP contribution in [0, 0.1) is 0 Å². The van der Waals surface area contributed by atoms with Crippen molar-refractivity contribution in [2.75, 3.05) is 17.3 Å². The summed E-state index contributed by atoms with van der Waals surface area (Å²) in [5.74, 6) is -0.588. The molecule has 0 bridgehead atoms. The zero-order valence-electron chi connectivity index (χ0n) is 17.9. The van der Waals surface area contributed by atoms with E-state index in [1.54, 1.807) is 12.1 Å². The van der Waals surface area contributed by atoms with Crippen LogP contribution in [-0.4, -0.2) is 30.3 Å². The molecular formula is C23H17ClF3N3O5. The standard InChI is InChI=1S/C23H17ClF3N3O5/c1-35-20(31)14-4-2-3-12(9-14)13-5-8-19(18(10-13)29-22(33)34)30(21(28)32)15-6-7-17(24)16(11-15)23(25,26)27/h2-11,29H,1H3,(H2,28,32)(H,33,34). The van der Waals surface area contributed by atoms with Crippen molar-refractivity contribution in [3.05, 3.63) is 76.8 Å². The molecule has 0 atom stereocenters. The van der Waals surface area contributed by atoms with Gasteiger partial charge in [-0.3, -0.25) is 10.2 Å². The van der Waals surface area contributed by atoms with Crippen LogP contribution in [0.5, 0.6) is 0 Å². The minimum absolute atomic E-state index is 0.136. The van der Waals surface area contributed by atoms with Crippen molar-refractivity contribution in [2.24, 2.45) is 5.73 Å². The van der Waals surface area contributed by atoms with Gasteiger partial charge in [-0.2, -0.15) is 13.2 Å². The molecule has 3 aromatic carbocycles. The van der Waals surface area contributed by atoms with Gasteiger partial charge in [0.15, 0.2) is 0 Å². The average molecular weight is 508 g/mol. The number of nitrogens with two attached hydrogens (primary N) is 1. The number of hydrogen-bond donors (Lipinski definition) is 3. The lowest BCUT2D eigenvalue weighted by Crippen LogP contribution is -2.32. The van der Waals surface area contributed by atoms with Crippen molar-refractivity contribution in [1.29, 1.82) is 0 Å². The number of carbonyl (C=O) groups is 3. The molecule has 0 spiro atoms. The third-order valence-electron chi connectivity index (χ3n) is 4.83. The molecule has 0 aliphatic carbocycles. The van der Waals surface area contributed by atoms with Gasteiger partial charge in [-0.15, -0.1) is 0 Å². The molecule has 4 N–H and O–H groups in total. The number of halogens is 4. The van der Waals surface area contributed by atoms with E-state index in [-0.39, 0.29) is 22.6 Å². The number of ether oxygens (including phenoxy) is 1. The second-order valence-electron chi connectivity index (χ2n) is 7.07. The van der Waals surface area contributed by atoms with Gasteiger partial charge < -0.3 is 15.6 Å². The molecule has 0 radical (unpaired) electrons. The highest BCUT2D eigenvalue weighted by molar-refractivity contribution is 6.31. The van der Waals surface area contributed by atoms with E-state index in [0.717, 1.165) is 12.1 Å². The SMILES string of the molecule is COC(=O)c1cccc(-c2ccc(N(C(N)=O)c3ccc(Cl)c(C(F)(F)F)c3)c(NC(=O)O)c2)c1. The predicted octanol–water partition coefficient (Wildman–Crippen LogP) is 6.12. The summed E-state index contributed by atoms with van der Waals surface area (Å²) in [6.07, 6.45) is -6.31. The number of carbonyl (C=O) groups excluding carboxylic acids is 2. The van der Waals surface area contributed by atoms with Gasteiger partial charge >= 0.3 is 24.3 Å². The Labute approximate surface area is 201 Å². The molecule has 0 unspecified atom stereocenters. The number of urea groups is 1. The summed E-state index contributed by atoms with van der Waals surface area (Å²) < 4.78 is 44.8. The van der Waals surface area contributed by atoms with Crippen LogP contribution in [0.4, 0.5) is 39.8 Å². The lowest BCUT2D eigenvalue weighted by molar-refractivity contribution is -0.137. The van der Waals surface area contributed by atoms with Crippen molar-refractivity contribution < 1.29 is 37.4 Å². The highest BCUT2D eigenvalue weighted by atomic mass is 35.5. The number of alkyl halides is 3. The quantitative estimate of drug-likeness (QED) is 0.359. The average Bonchev–Trinajstić information content (AvgIpc) is 2.79. The smallest absolute Gasteiger partial charge is 0.417 e.